The maximum Gasteiger partial charge on any atom is 0.263 e. The van der Waals surface area contributed by atoms with Gasteiger partial charge in [0, 0.05) is 54.3 Å². The summed E-state index contributed by atoms with van der Waals surface area (Å²) in [5.74, 6) is 1.25. The van der Waals surface area contributed by atoms with E-state index >= 15 is 0 Å². The fourth-order valence-corrected chi connectivity index (χ4v) is 5.48. The first-order valence-electron chi connectivity index (χ1n) is 12.3. The number of nitrogens with one attached hydrogen (secondary N) is 2. The number of ether oxygens (including phenoxy) is 2. The van der Waals surface area contributed by atoms with E-state index in [-0.39, 0.29) is 11.9 Å². The molecule has 4 rings (SSSR count). The molecule has 1 aromatic heterocycles. The lowest BCUT2D eigenvalue weighted by Crippen LogP contribution is -2.55. The Bertz CT molecular complexity index is 1080. The van der Waals surface area contributed by atoms with Crippen LogP contribution in [0, 0.1) is 0 Å². The van der Waals surface area contributed by atoms with Crippen LogP contribution in [0.3, 0.4) is 0 Å². The number of carbonyl (C=O) groups is 1. The number of carbonyl (C=O) groups excluding carboxylic acids is 1. The number of halogens is 2. The molecule has 0 saturated carbocycles. The number of anilines is 1. The monoisotopic (exact) mass is 532 g/mol. The number of hydrogen-bond acceptors (Lipinski definition) is 6. The van der Waals surface area contributed by atoms with Crippen molar-refractivity contribution >= 4 is 40.6 Å². The van der Waals surface area contributed by atoms with E-state index in [2.05, 4.69) is 34.2 Å². The van der Waals surface area contributed by atoms with Crippen molar-refractivity contribution in [2.24, 2.45) is 0 Å². The molecule has 2 atom stereocenters. The van der Waals surface area contributed by atoms with E-state index in [0.717, 1.165) is 42.8 Å². The van der Waals surface area contributed by atoms with Gasteiger partial charge in [0.25, 0.3) is 5.91 Å². The molecule has 194 valence electrons. The first kappa shape index (κ1) is 26.6. The van der Waals surface area contributed by atoms with Gasteiger partial charge in [0.2, 0.25) is 0 Å². The molecule has 2 unspecified atom stereocenters. The highest BCUT2D eigenvalue weighted by atomic mass is 35.5. The highest BCUT2D eigenvalue weighted by molar-refractivity contribution is 6.35. The van der Waals surface area contributed by atoms with Gasteiger partial charge in [-0.1, -0.05) is 29.8 Å². The summed E-state index contributed by atoms with van der Waals surface area (Å²) in [4.78, 5) is 20.3. The predicted octanol–water partition coefficient (Wildman–Crippen LogP) is 5.07. The molecule has 36 heavy (non-hydrogen) atoms. The summed E-state index contributed by atoms with van der Waals surface area (Å²) in [7, 11) is 1.68. The molecule has 1 amide bonds. The number of hydrogen-bond donors (Lipinski definition) is 2. The van der Waals surface area contributed by atoms with Gasteiger partial charge >= 0.3 is 0 Å². The van der Waals surface area contributed by atoms with Gasteiger partial charge in [-0.15, -0.1) is 0 Å². The SMILES string of the molecule is C=C(NCCOC)c1ccc(N2C3CCC2CC(NC(=O)C(C)(C)Oc2ccc(Cl)cc2Cl)C3)nc1. The van der Waals surface area contributed by atoms with Crippen molar-refractivity contribution in [1.29, 1.82) is 0 Å². The molecule has 1 aromatic carbocycles. The van der Waals surface area contributed by atoms with Crippen LogP contribution < -0.4 is 20.3 Å². The zero-order valence-electron chi connectivity index (χ0n) is 21.0. The topological polar surface area (TPSA) is 75.7 Å². The van der Waals surface area contributed by atoms with E-state index in [1.807, 2.05) is 6.20 Å². The number of fused-ring (bicyclic) bond motifs is 2. The Morgan fingerprint density at radius 2 is 1.92 bits per heavy atom. The second kappa shape index (κ2) is 11.3. The second-order valence-corrected chi connectivity index (χ2v) is 10.8. The Morgan fingerprint density at radius 1 is 1.19 bits per heavy atom. The fraction of sp³-hybridized carbons (Fsp3) is 0.481. The molecule has 0 spiro atoms. The van der Waals surface area contributed by atoms with Crippen LogP contribution in [-0.4, -0.2) is 54.9 Å². The number of aromatic nitrogens is 1. The average Bonchev–Trinajstić information content (AvgIpc) is 3.11. The summed E-state index contributed by atoms with van der Waals surface area (Å²) in [6.07, 6.45) is 5.79. The van der Waals surface area contributed by atoms with Crippen LogP contribution in [0.1, 0.15) is 45.1 Å². The molecule has 2 bridgehead atoms. The number of amides is 1. The largest absolute Gasteiger partial charge is 0.476 e. The maximum atomic E-state index is 13.1. The normalized spacial score (nSPS) is 21.2. The minimum Gasteiger partial charge on any atom is -0.476 e. The van der Waals surface area contributed by atoms with E-state index < -0.39 is 5.60 Å². The first-order chi connectivity index (χ1) is 17.2. The predicted molar refractivity (Wildman–Crippen MR) is 145 cm³/mol. The van der Waals surface area contributed by atoms with E-state index in [9.17, 15) is 4.79 Å². The molecule has 2 N–H and O–H groups in total. The number of benzene rings is 1. The van der Waals surface area contributed by atoms with Crippen molar-refractivity contribution in [2.45, 2.75) is 63.3 Å². The van der Waals surface area contributed by atoms with E-state index in [4.69, 9.17) is 37.7 Å². The lowest BCUT2D eigenvalue weighted by Gasteiger charge is -2.41. The van der Waals surface area contributed by atoms with Gasteiger partial charge in [-0.3, -0.25) is 4.79 Å². The molecular weight excluding hydrogens is 499 g/mol. The Morgan fingerprint density at radius 3 is 2.53 bits per heavy atom. The van der Waals surface area contributed by atoms with Crippen molar-refractivity contribution in [3.63, 3.8) is 0 Å². The highest BCUT2D eigenvalue weighted by Crippen LogP contribution is 2.39. The lowest BCUT2D eigenvalue weighted by molar-refractivity contribution is -0.135. The third kappa shape index (κ3) is 6.07. The Hall–Kier alpha value is -2.48. The number of methoxy groups -OCH3 is 1. The van der Waals surface area contributed by atoms with Crippen LogP contribution in [-0.2, 0) is 9.53 Å². The van der Waals surface area contributed by atoms with Gasteiger partial charge in [0.05, 0.1) is 11.6 Å². The quantitative estimate of drug-likeness (QED) is 0.416. The van der Waals surface area contributed by atoms with E-state index in [0.29, 0.717) is 41.0 Å². The van der Waals surface area contributed by atoms with Gasteiger partial charge < -0.3 is 25.0 Å². The van der Waals surface area contributed by atoms with Gasteiger partial charge in [0.15, 0.2) is 5.60 Å². The van der Waals surface area contributed by atoms with Crippen LogP contribution in [0.5, 0.6) is 5.75 Å². The summed E-state index contributed by atoms with van der Waals surface area (Å²) in [6, 6.07) is 9.86. The van der Waals surface area contributed by atoms with Crippen LogP contribution in [0.2, 0.25) is 10.0 Å². The van der Waals surface area contributed by atoms with Gasteiger partial charge in [-0.2, -0.15) is 0 Å². The Labute approximate surface area is 223 Å². The maximum absolute atomic E-state index is 13.1. The third-order valence-electron chi connectivity index (χ3n) is 6.88. The molecule has 2 aromatic rings. The third-order valence-corrected chi connectivity index (χ3v) is 7.41. The number of piperidine rings is 1. The van der Waals surface area contributed by atoms with E-state index in [1.165, 1.54) is 0 Å². The fourth-order valence-electron chi connectivity index (χ4n) is 5.03. The molecule has 3 heterocycles. The molecule has 0 aliphatic carbocycles. The van der Waals surface area contributed by atoms with Gasteiger partial charge in [-0.25, -0.2) is 4.98 Å². The van der Waals surface area contributed by atoms with E-state index in [1.54, 1.807) is 39.2 Å². The van der Waals surface area contributed by atoms with Gasteiger partial charge in [-0.05, 0) is 69.9 Å². The van der Waals surface area contributed by atoms with Crippen molar-refractivity contribution in [3.8, 4) is 5.75 Å². The molecule has 2 saturated heterocycles. The molecule has 2 aliphatic rings. The average molecular weight is 534 g/mol. The van der Waals surface area contributed by atoms with Gasteiger partial charge in [0.1, 0.15) is 11.6 Å². The summed E-state index contributed by atoms with van der Waals surface area (Å²) in [6.45, 7) is 8.92. The minimum atomic E-state index is -1.08. The second-order valence-electron chi connectivity index (χ2n) is 9.92. The molecule has 2 fully saturated rings. The van der Waals surface area contributed by atoms with Crippen LogP contribution in [0.4, 0.5) is 5.82 Å². The number of nitrogens with zero attached hydrogens (tertiary/aromatic N) is 2. The first-order valence-corrected chi connectivity index (χ1v) is 13.0. The molecule has 0 radical (unpaired) electrons. The number of rotatable bonds is 10. The summed E-state index contributed by atoms with van der Waals surface area (Å²) in [5, 5.41) is 7.37. The summed E-state index contributed by atoms with van der Waals surface area (Å²) >= 11 is 12.2. The molecule has 2 aliphatic heterocycles. The minimum absolute atomic E-state index is 0.0823. The Balaban J connectivity index is 1.35. The van der Waals surface area contributed by atoms with Crippen molar-refractivity contribution in [2.75, 3.05) is 25.2 Å². The smallest absolute Gasteiger partial charge is 0.263 e. The van der Waals surface area contributed by atoms with Crippen molar-refractivity contribution < 1.29 is 14.3 Å². The highest BCUT2D eigenvalue weighted by Gasteiger charge is 2.43. The number of pyridine rings is 1. The van der Waals surface area contributed by atoms with Crippen LogP contribution in [0.25, 0.3) is 5.70 Å². The zero-order valence-corrected chi connectivity index (χ0v) is 22.5. The van der Waals surface area contributed by atoms with Crippen LogP contribution in [0.15, 0.2) is 43.1 Å². The molecule has 9 heteroatoms. The Kier molecular flexibility index (Phi) is 8.33. The van der Waals surface area contributed by atoms with Crippen molar-refractivity contribution in [1.82, 2.24) is 15.6 Å². The summed E-state index contributed by atoms with van der Waals surface area (Å²) in [5.41, 5.74) is 0.720. The molecule has 7 nitrogen and oxygen atoms in total. The standard InChI is InChI=1S/C27H34Cl2N4O3/c1-17(30-11-12-35-4)18-5-10-25(31-16-18)33-21-7-8-22(33)15-20(14-21)32-26(34)27(2,3)36-24-9-6-19(28)13-23(24)29/h5-6,9-10,13,16,20-22,30H,1,7-8,11-12,14-15H2,2-4H3,(H,32,34). The zero-order chi connectivity index (χ0) is 25.9. The van der Waals surface area contributed by atoms with Crippen LogP contribution >= 0.6 is 23.2 Å². The molecular formula is C27H34Cl2N4O3. The van der Waals surface area contributed by atoms with Crippen molar-refractivity contribution in [3.05, 3.63) is 58.7 Å². The lowest BCUT2D eigenvalue weighted by atomic mass is 9.96. The summed E-state index contributed by atoms with van der Waals surface area (Å²) < 4.78 is 11.0.